The van der Waals surface area contributed by atoms with Gasteiger partial charge >= 0.3 is 6.18 Å². The summed E-state index contributed by atoms with van der Waals surface area (Å²) in [6.07, 6.45) is -3.11. The molecule has 0 unspecified atom stereocenters. The Labute approximate surface area is 226 Å². The van der Waals surface area contributed by atoms with E-state index in [2.05, 4.69) is 21.2 Å². The van der Waals surface area contributed by atoms with Gasteiger partial charge in [0.1, 0.15) is 24.7 Å². The molecule has 1 fully saturated rings. The molecule has 0 aliphatic carbocycles. The lowest BCUT2D eigenvalue weighted by Gasteiger charge is -2.13. The van der Waals surface area contributed by atoms with E-state index >= 15 is 0 Å². The van der Waals surface area contributed by atoms with Crippen LogP contribution in [0.5, 0.6) is 5.75 Å². The molecule has 0 aromatic heterocycles. The molecule has 12 heteroatoms. The van der Waals surface area contributed by atoms with Crippen LogP contribution >= 0.6 is 27.7 Å². The summed E-state index contributed by atoms with van der Waals surface area (Å²) in [6, 6.07) is 14.9. The summed E-state index contributed by atoms with van der Waals surface area (Å²) in [5.41, 5.74) is 0.291. The van der Waals surface area contributed by atoms with Crippen LogP contribution < -0.4 is 10.1 Å². The summed E-state index contributed by atoms with van der Waals surface area (Å²) >= 11 is 4.04. The first-order chi connectivity index (χ1) is 18.0. The minimum absolute atomic E-state index is 0.0775. The molecule has 3 aromatic rings. The second-order valence-corrected chi connectivity index (χ2v) is 9.85. The van der Waals surface area contributed by atoms with Crippen LogP contribution in [0, 0.1) is 5.82 Å². The lowest BCUT2D eigenvalue weighted by Crippen LogP contribution is -2.36. The summed E-state index contributed by atoms with van der Waals surface area (Å²) in [4.78, 5) is 38.3. The Kier molecular flexibility index (Phi) is 8.22. The number of nitrogens with one attached hydrogen (secondary N) is 1. The Morgan fingerprint density at radius 3 is 2.47 bits per heavy atom. The first kappa shape index (κ1) is 27.4. The van der Waals surface area contributed by atoms with Gasteiger partial charge in [0.2, 0.25) is 5.91 Å². The zero-order chi connectivity index (χ0) is 27.4. The summed E-state index contributed by atoms with van der Waals surface area (Å²) in [5.74, 6) is -1.36. The van der Waals surface area contributed by atoms with E-state index in [9.17, 15) is 31.9 Å². The van der Waals surface area contributed by atoms with Crippen LogP contribution in [0.3, 0.4) is 0 Å². The van der Waals surface area contributed by atoms with Crippen molar-refractivity contribution in [3.8, 4) is 5.75 Å². The Balaban J connectivity index is 1.39. The minimum Gasteiger partial charge on any atom is -0.488 e. The highest BCUT2D eigenvalue weighted by Crippen LogP contribution is 2.34. The van der Waals surface area contributed by atoms with Gasteiger partial charge in [0.15, 0.2) is 0 Å². The number of amides is 3. The van der Waals surface area contributed by atoms with E-state index in [1.807, 2.05) is 0 Å². The van der Waals surface area contributed by atoms with Crippen LogP contribution in [0.15, 0.2) is 76.1 Å². The third kappa shape index (κ3) is 6.81. The molecule has 0 atom stereocenters. The van der Waals surface area contributed by atoms with Gasteiger partial charge < -0.3 is 10.1 Å². The normalized spacial score (nSPS) is 14.8. The van der Waals surface area contributed by atoms with Crippen LogP contribution in [0.1, 0.15) is 16.7 Å². The maximum atomic E-state index is 13.0. The number of halogens is 5. The van der Waals surface area contributed by atoms with E-state index in [0.717, 1.165) is 23.8 Å². The molecule has 6 nitrogen and oxygen atoms in total. The Morgan fingerprint density at radius 2 is 1.79 bits per heavy atom. The molecular weight excluding hydrogens is 592 g/mol. The molecule has 3 amide bonds. The quantitative estimate of drug-likeness (QED) is 0.234. The van der Waals surface area contributed by atoms with Gasteiger partial charge in [-0.2, -0.15) is 13.2 Å². The Bertz CT molecular complexity index is 1430. The fourth-order valence-electron chi connectivity index (χ4n) is 3.37. The third-order valence-corrected chi connectivity index (χ3v) is 6.74. The first-order valence-electron chi connectivity index (χ1n) is 10.9. The van der Waals surface area contributed by atoms with Crippen molar-refractivity contribution in [3.63, 3.8) is 0 Å². The van der Waals surface area contributed by atoms with E-state index in [-0.39, 0.29) is 23.0 Å². The summed E-state index contributed by atoms with van der Waals surface area (Å²) in [7, 11) is 0. The molecule has 1 saturated heterocycles. The van der Waals surface area contributed by atoms with Crippen LogP contribution in [0.2, 0.25) is 0 Å². The number of nitrogens with zero attached hydrogens (tertiary/aromatic N) is 1. The number of carbonyl (C=O) groups is 3. The number of anilines is 1. The number of ether oxygens (including phenoxy) is 1. The van der Waals surface area contributed by atoms with Gasteiger partial charge in [0, 0.05) is 5.69 Å². The summed E-state index contributed by atoms with van der Waals surface area (Å²) in [5, 5.41) is 1.59. The number of carbonyl (C=O) groups excluding carboxylic acids is 3. The molecule has 0 saturated carbocycles. The van der Waals surface area contributed by atoms with Gasteiger partial charge in [-0.25, -0.2) is 4.39 Å². The van der Waals surface area contributed by atoms with E-state index in [1.165, 1.54) is 24.3 Å². The standard InChI is InChI=1S/C26H17BrF4N2O4S/c27-20-10-16(6-9-21(20)37-14-15-4-7-18(28)8-5-15)11-22-24(35)33(25(36)38-22)13-23(34)32-19-3-1-2-17(12-19)26(29,30)31/h1-12H,13-14H2,(H,32,34)/b22-11-. The summed E-state index contributed by atoms with van der Waals surface area (Å²) in [6.45, 7) is -0.447. The Hall–Kier alpha value is -3.64. The zero-order valence-corrected chi connectivity index (χ0v) is 21.6. The van der Waals surface area contributed by atoms with Crippen molar-refractivity contribution >= 4 is 56.5 Å². The minimum atomic E-state index is -4.58. The number of hydrogen-bond donors (Lipinski definition) is 1. The molecule has 1 heterocycles. The number of benzene rings is 3. The van der Waals surface area contributed by atoms with Crippen molar-refractivity contribution in [2.24, 2.45) is 0 Å². The molecule has 0 bridgehead atoms. The maximum Gasteiger partial charge on any atom is 0.416 e. The zero-order valence-electron chi connectivity index (χ0n) is 19.2. The smallest absolute Gasteiger partial charge is 0.416 e. The highest BCUT2D eigenvalue weighted by Gasteiger charge is 2.36. The molecule has 0 radical (unpaired) electrons. The number of rotatable bonds is 7. The molecule has 1 aliphatic heterocycles. The SMILES string of the molecule is O=C(CN1C(=O)S/C(=C\c2ccc(OCc3ccc(F)cc3)c(Br)c2)C1=O)Nc1cccc(C(F)(F)F)c1. The third-order valence-electron chi connectivity index (χ3n) is 5.21. The van der Waals surface area contributed by atoms with E-state index in [1.54, 1.807) is 30.3 Å². The average molecular weight is 609 g/mol. The predicted octanol–water partition coefficient (Wildman–Crippen LogP) is 6.86. The Morgan fingerprint density at radius 1 is 1.05 bits per heavy atom. The molecule has 4 rings (SSSR count). The largest absolute Gasteiger partial charge is 0.488 e. The van der Waals surface area contributed by atoms with E-state index in [4.69, 9.17) is 4.74 Å². The maximum absolute atomic E-state index is 13.0. The van der Waals surface area contributed by atoms with Crippen molar-refractivity contribution in [2.75, 3.05) is 11.9 Å². The van der Waals surface area contributed by atoms with Crippen molar-refractivity contribution in [1.82, 2.24) is 4.90 Å². The van der Waals surface area contributed by atoms with Gasteiger partial charge in [0.25, 0.3) is 11.1 Å². The lowest BCUT2D eigenvalue weighted by molar-refractivity contribution is -0.137. The highest BCUT2D eigenvalue weighted by molar-refractivity contribution is 9.10. The number of imide groups is 1. The molecule has 0 spiro atoms. The highest BCUT2D eigenvalue weighted by atomic mass is 79.9. The first-order valence-corrected chi connectivity index (χ1v) is 12.5. The molecule has 3 aromatic carbocycles. The second-order valence-electron chi connectivity index (χ2n) is 8.00. The average Bonchev–Trinajstić information content (AvgIpc) is 3.11. The van der Waals surface area contributed by atoms with Gasteiger partial charge in [-0.15, -0.1) is 0 Å². The van der Waals surface area contributed by atoms with E-state index < -0.39 is 35.3 Å². The number of hydrogen-bond acceptors (Lipinski definition) is 5. The number of alkyl halides is 3. The van der Waals surface area contributed by atoms with Crippen LogP contribution in [0.25, 0.3) is 6.08 Å². The van der Waals surface area contributed by atoms with Crippen LogP contribution in [-0.4, -0.2) is 28.5 Å². The van der Waals surface area contributed by atoms with Crippen molar-refractivity contribution in [2.45, 2.75) is 12.8 Å². The fourth-order valence-corrected chi connectivity index (χ4v) is 4.72. The van der Waals surface area contributed by atoms with Gasteiger partial charge in [-0.3, -0.25) is 19.3 Å². The molecule has 196 valence electrons. The van der Waals surface area contributed by atoms with E-state index in [0.29, 0.717) is 32.4 Å². The molecule has 1 aliphatic rings. The van der Waals surface area contributed by atoms with Gasteiger partial charge in [-0.05, 0) is 87.4 Å². The van der Waals surface area contributed by atoms with Gasteiger partial charge in [-0.1, -0.05) is 24.3 Å². The lowest BCUT2D eigenvalue weighted by atomic mass is 10.2. The fraction of sp³-hybridized carbons (Fsp3) is 0.115. The van der Waals surface area contributed by atoms with Crippen LogP contribution in [0.4, 0.5) is 28.0 Å². The predicted molar refractivity (Wildman–Crippen MR) is 138 cm³/mol. The van der Waals surface area contributed by atoms with Gasteiger partial charge in [0.05, 0.1) is 14.9 Å². The summed E-state index contributed by atoms with van der Waals surface area (Å²) < 4.78 is 58.0. The molecular formula is C26H17BrF4N2O4S. The van der Waals surface area contributed by atoms with Crippen molar-refractivity contribution in [1.29, 1.82) is 0 Å². The van der Waals surface area contributed by atoms with Crippen molar-refractivity contribution < 1.29 is 36.7 Å². The van der Waals surface area contributed by atoms with Crippen molar-refractivity contribution in [3.05, 3.63) is 98.6 Å². The number of thioether (sulfide) groups is 1. The molecule has 38 heavy (non-hydrogen) atoms. The van der Waals surface area contributed by atoms with Crippen LogP contribution in [-0.2, 0) is 22.4 Å². The monoisotopic (exact) mass is 608 g/mol. The molecule has 1 N–H and O–H groups in total. The second kappa shape index (κ2) is 11.4. The topological polar surface area (TPSA) is 75.7 Å².